The zero-order valence-corrected chi connectivity index (χ0v) is 30.1. The minimum atomic E-state index is 0.0667. The van der Waals surface area contributed by atoms with Gasteiger partial charge in [0, 0.05) is 52.4 Å². The summed E-state index contributed by atoms with van der Waals surface area (Å²) in [6.45, 7) is 22.3. The van der Waals surface area contributed by atoms with Gasteiger partial charge in [0.15, 0.2) is 0 Å². The minimum absolute atomic E-state index is 0.0667. The molecule has 0 bridgehead atoms. The van der Waals surface area contributed by atoms with Crippen LogP contribution in [0, 0.1) is 69.2 Å². The lowest BCUT2D eigenvalue weighted by Gasteiger charge is -2.35. The third-order valence-corrected chi connectivity index (χ3v) is 10.7. The van der Waals surface area contributed by atoms with Gasteiger partial charge < -0.3 is 0 Å². The van der Waals surface area contributed by atoms with Gasteiger partial charge in [0.05, 0.1) is 0 Å². The van der Waals surface area contributed by atoms with Crippen molar-refractivity contribution >= 4 is 23.1 Å². The molecule has 0 radical (unpaired) electrons. The van der Waals surface area contributed by atoms with Crippen LogP contribution in [0.4, 0.5) is 0 Å². The lowest BCUT2D eigenvalue weighted by molar-refractivity contribution is 1.15. The normalized spacial score (nSPS) is 12.2. The number of rotatable bonds is 4. The molecule has 0 saturated heterocycles. The molecule has 48 heavy (non-hydrogen) atoms. The third-order valence-electron chi connectivity index (χ3n) is 10.7. The molecular formula is C44H44BN3. The van der Waals surface area contributed by atoms with Gasteiger partial charge >= 0.3 is 0 Å². The van der Waals surface area contributed by atoms with Crippen molar-refractivity contribution in [2.75, 3.05) is 0 Å². The molecule has 0 N–H and O–H groups in total. The van der Waals surface area contributed by atoms with E-state index in [0.717, 1.165) is 23.5 Å². The lowest BCUT2D eigenvalue weighted by atomic mass is 9.30. The molecule has 1 aliphatic heterocycles. The van der Waals surface area contributed by atoms with Gasteiger partial charge in [-0.05, 0) is 149 Å². The van der Waals surface area contributed by atoms with Gasteiger partial charge in [-0.2, -0.15) is 0 Å². The van der Waals surface area contributed by atoms with E-state index >= 15 is 0 Å². The van der Waals surface area contributed by atoms with Gasteiger partial charge in [-0.3, -0.25) is 15.0 Å². The number of pyridine rings is 3. The van der Waals surface area contributed by atoms with E-state index in [1.807, 2.05) is 12.4 Å². The lowest BCUT2D eigenvalue weighted by Crippen LogP contribution is -2.60. The Morgan fingerprint density at radius 2 is 0.854 bits per heavy atom. The second-order valence-electron chi connectivity index (χ2n) is 14.1. The molecule has 0 unspecified atom stereocenters. The Kier molecular flexibility index (Phi) is 7.94. The van der Waals surface area contributed by atoms with Gasteiger partial charge in [-0.25, -0.2) is 0 Å². The van der Waals surface area contributed by atoms with E-state index in [1.165, 1.54) is 99.8 Å². The summed E-state index contributed by atoms with van der Waals surface area (Å²) in [6, 6.07) is 20.4. The van der Waals surface area contributed by atoms with Crippen molar-refractivity contribution < 1.29 is 0 Å². The molecule has 0 fully saturated rings. The maximum Gasteiger partial charge on any atom is 0.243 e. The quantitative estimate of drug-likeness (QED) is 0.185. The first-order valence-electron chi connectivity index (χ1n) is 17.1. The van der Waals surface area contributed by atoms with E-state index in [4.69, 9.17) is 15.0 Å². The predicted octanol–water partition coefficient (Wildman–Crippen LogP) is 8.38. The molecule has 238 valence electrons. The van der Waals surface area contributed by atoms with Crippen LogP contribution in [0.2, 0.25) is 0 Å². The fourth-order valence-corrected chi connectivity index (χ4v) is 8.71. The number of benzene rings is 3. The van der Waals surface area contributed by atoms with Crippen molar-refractivity contribution in [3.63, 3.8) is 0 Å². The zero-order chi connectivity index (χ0) is 34.0. The topological polar surface area (TPSA) is 38.7 Å². The highest BCUT2D eigenvalue weighted by atomic mass is 14.7. The van der Waals surface area contributed by atoms with Crippen molar-refractivity contribution in [3.8, 4) is 33.4 Å². The maximum atomic E-state index is 4.75. The Hall–Kier alpha value is -4.83. The molecule has 7 rings (SSSR count). The summed E-state index contributed by atoms with van der Waals surface area (Å²) in [5.74, 6) is 0. The van der Waals surface area contributed by atoms with Crippen LogP contribution < -0.4 is 16.4 Å². The molecular weight excluding hydrogens is 581 g/mol. The second kappa shape index (κ2) is 12.0. The maximum absolute atomic E-state index is 4.75. The monoisotopic (exact) mass is 625 g/mol. The summed E-state index contributed by atoms with van der Waals surface area (Å²) in [5, 5.41) is 0. The Morgan fingerprint density at radius 3 is 1.33 bits per heavy atom. The number of aryl methyl sites for hydroxylation is 8. The van der Waals surface area contributed by atoms with E-state index in [0.29, 0.717) is 0 Å². The summed E-state index contributed by atoms with van der Waals surface area (Å²) in [6.07, 6.45) is 7.04. The number of aromatic nitrogens is 3. The predicted molar refractivity (Wildman–Crippen MR) is 204 cm³/mol. The second-order valence-corrected chi connectivity index (χ2v) is 14.1. The molecule has 0 spiro atoms. The number of nitrogens with zero attached hydrogens (tertiary/aromatic N) is 3. The first-order valence-corrected chi connectivity index (χ1v) is 17.1. The third kappa shape index (κ3) is 5.19. The largest absolute Gasteiger partial charge is 0.261 e. The van der Waals surface area contributed by atoms with Crippen LogP contribution in [0.1, 0.15) is 67.2 Å². The molecule has 3 aromatic carbocycles. The van der Waals surface area contributed by atoms with Crippen molar-refractivity contribution in [1.82, 2.24) is 15.0 Å². The summed E-state index contributed by atoms with van der Waals surface area (Å²) in [4.78, 5) is 14.2. The summed E-state index contributed by atoms with van der Waals surface area (Å²) in [7, 11) is 0. The fourth-order valence-electron chi connectivity index (χ4n) is 8.71. The van der Waals surface area contributed by atoms with Crippen molar-refractivity contribution in [2.24, 2.45) is 0 Å². The van der Waals surface area contributed by atoms with Crippen LogP contribution >= 0.6 is 0 Å². The SMILES string of the molecule is Cc1ccc(-c2c(C)cc(C)c(B3c4c(cc(C)c(-c5ccc(C)nc5)c4C)Cc4c3c(C)cc(C)c4-c3ccc(C)nc3)c2C)cn1. The molecule has 0 atom stereocenters. The Balaban J connectivity index is 1.60. The van der Waals surface area contributed by atoms with Crippen LogP contribution in [-0.4, -0.2) is 21.7 Å². The van der Waals surface area contributed by atoms with E-state index in [9.17, 15) is 0 Å². The van der Waals surface area contributed by atoms with Crippen molar-refractivity contribution in [1.29, 1.82) is 0 Å². The molecule has 0 aliphatic carbocycles. The molecule has 3 nitrogen and oxygen atoms in total. The fraction of sp³-hybridized carbons (Fsp3) is 0.250. The standard InChI is InChI=1S/C44H44BN3/c1-24-17-27(4)42(32(9)39(24)34-14-11-29(6)46-21-34)45-43-28(5)18-25(2)41(36-16-13-31(8)48-23-36)38(43)20-37-19-26(3)40(33(10)44(37)45)35-15-12-30(7)47-22-35/h11-19,21-23H,20H2,1-10H3. The van der Waals surface area contributed by atoms with E-state index < -0.39 is 0 Å². The van der Waals surface area contributed by atoms with Crippen LogP contribution in [0.5, 0.6) is 0 Å². The molecule has 3 aromatic heterocycles. The van der Waals surface area contributed by atoms with Crippen molar-refractivity contribution in [2.45, 2.75) is 75.7 Å². The number of hydrogen-bond donors (Lipinski definition) is 0. The average molecular weight is 626 g/mol. The van der Waals surface area contributed by atoms with Crippen LogP contribution in [0.15, 0.2) is 73.2 Å². The summed E-state index contributed by atoms with van der Waals surface area (Å²) < 4.78 is 0. The Bertz CT molecular complexity index is 2150. The molecule has 1 aliphatic rings. The smallest absolute Gasteiger partial charge is 0.243 e. The summed E-state index contributed by atoms with van der Waals surface area (Å²) in [5.41, 5.74) is 26.9. The van der Waals surface area contributed by atoms with E-state index in [2.05, 4.69) is 130 Å². The van der Waals surface area contributed by atoms with Crippen molar-refractivity contribution in [3.05, 3.63) is 140 Å². The van der Waals surface area contributed by atoms with Gasteiger partial charge in [0.2, 0.25) is 6.71 Å². The van der Waals surface area contributed by atoms with Crippen LogP contribution in [-0.2, 0) is 6.42 Å². The van der Waals surface area contributed by atoms with Gasteiger partial charge in [0.1, 0.15) is 0 Å². The van der Waals surface area contributed by atoms with Gasteiger partial charge in [0.25, 0.3) is 0 Å². The number of hydrogen-bond acceptors (Lipinski definition) is 3. The zero-order valence-electron chi connectivity index (χ0n) is 30.1. The minimum Gasteiger partial charge on any atom is -0.261 e. The van der Waals surface area contributed by atoms with E-state index in [1.54, 1.807) is 0 Å². The van der Waals surface area contributed by atoms with E-state index in [-0.39, 0.29) is 6.71 Å². The molecule has 0 amide bonds. The molecule has 0 saturated carbocycles. The molecule has 4 heteroatoms. The van der Waals surface area contributed by atoms with Gasteiger partial charge in [-0.15, -0.1) is 0 Å². The summed E-state index contributed by atoms with van der Waals surface area (Å²) >= 11 is 0. The first-order chi connectivity index (χ1) is 22.9. The Morgan fingerprint density at radius 1 is 0.438 bits per heavy atom. The van der Waals surface area contributed by atoms with Gasteiger partial charge in [-0.1, -0.05) is 63.9 Å². The highest BCUT2D eigenvalue weighted by molar-refractivity contribution is 6.97. The highest BCUT2D eigenvalue weighted by Gasteiger charge is 2.38. The average Bonchev–Trinajstić information content (AvgIpc) is 3.03. The molecule has 4 heterocycles. The highest BCUT2D eigenvalue weighted by Crippen LogP contribution is 2.36. The first kappa shape index (κ1) is 31.8. The van der Waals surface area contributed by atoms with Crippen LogP contribution in [0.3, 0.4) is 0 Å². The molecule has 6 aromatic rings. The Labute approximate surface area is 286 Å². The number of fused-ring (bicyclic) bond motifs is 2. The van der Waals surface area contributed by atoms with Crippen LogP contribution in [0.25, 0.3) is 33.4 Å².